The van der Waals surface area contributed by atoms with Crippen LogP contribution in [0.5, 0.6) is 11.5 Å². The Morgan fingerprint density at radius 3 is 2.12 bits per heavy atom. The van der Waals surface area contributed by atoms with Crippen molar-refractivity contribution in [2.24, 2.45) is 0 Å². The van der Waals surface area contributed by atoms with Crippen LogP contribution in [0, 0.1) is 0 Å². The summed E-state index contributed by atoms with van der Waals surface area (Å²) in [5.41, 5.74) is 0.317. The minimum atomic E-state index is -4.00. The zero-order valence-corrected chi connectivity index (χ0v) is 14.8. The van der Waals surface area contributed by atoms with Crippen molar-refractivity contribution in [1.82, 2.24) is 3.97 Å². The van der Waals surface area contributed by atoms with Gasteiger partial charge in [-0.05, 0) is 30.3 Å². The van der Waals surface area contributed by atoms with E-state index in [1.807, 2.05) is 0 Å². The molecule has 2 aromatic carbocycles. The molecule has 0 N–H and O–H groups in total. The third-order valence-electron chi connectivity index (χ3n) is 3.92. The number of ketones is 1. The Balaban J connectivity index is 2.49. The Morgan fingerprint density at radius 2 is 1.56 bits per heavy atom. The molecule has 0 atom stereocenters. The fraction of sp³-hybridized carbons (Fsp3) is 0.167. The quantitative estimate of drug-likeness (QED) is 0.655. The fourth-order valence-corrected chi connectivity index (χ4v) is 4.35. The van der Waals surface area contributed by atoms with E-state index in [2.05, 4.69) is 0 Å². The number of nitrogens with zero attached hydrogens (tertiary/aromatic N) is 1. The van der Waals surface area contributed by atoms with E-state index in [-0.39, 0.29) is 21.9 Å². The maximum Gasteiger partial charge on any atom is 0.268 e. The zero-order valence-electron chi connectivity index (χ0n) is 14.0. The van der Waals surface area contributed by atoms with Crippen LogP contribution in [0.25, 0.3) is 10.9 Å². The molecule has 0 unspecified atom stereocenters. The monoisotopic (exact) mass is 359 g/mol. The van der Waals surface area contributed by atoms with Crippen molar-refractivity contribution in [2.45, 2.75) is 11.8 Å². The van der Waals surface area contributed by atoms with E-state index in [0.29, 0.717) is 16.9 Å². The van der Waals surface area contributed by atoms with Gasteiger partial charge in [0.05, 0.1) is 19.1 Å². The van der Waals surface area contributed by atoms with E-state index in [9.17, 15) is 13.2 Å². The van der Waals surface area contributed by atoms with Crippen molar-refractivity contribution < 1.29 is 22.7 Å². The van der Waals surface area contributed by atoms with E-state index >= 15 is 0 Å². The molecule has 1 aromatic heterocycles. The summed E-state index contributed by atoms with van der Waals surface area (Å²) in [5, 5.41) is 0.492. The molecule has 3 aromatic rings. The van der Waals surface area contributed by atoms with Crippen molar-refractivity contribution in [1.29, 1.82) is 0 Å². The number of benzene rings is 2. The minimum Gasteiger partial charge on any atom is -0.496 e. The lowest BCUT2D eigenvalue weighted by Gasteiger charge is -2.13. The average molecular weight is 359 g/mol. The number of Topliss-reactive ketones (excluding diaryl/α,β-unsaturated/α-hetero) is 1. The van der Waals surface area contributed by atoms with Crippen LogP contribution in [-0.2, 0) is 10.0 Å². The van der Waals surface area contributed by atoms with Gasteiger partial charge in [-0.25, -0.2) is 12.4 Å². The molecule has 3 rings (SSSR count). The first-order valence-corrected chi connectivity index (χ1v) is 8.93. The summed E-state index contributed by atoms with van der Waals surface area (Å²) < 4.78 is 38.1. The van der Waals surface area contributed by atoms with Crippen LogP contribution >= 0.6 is 0 Å². The summed E-state index contributed by atoms with van der Waals surface area (Å²) in [7, 11) is -1.07. The van der Waals surface area contributed by atoms with Gasteiger partial charge in [-0.2, -0.15) is 0 Å². The highest BCUT2D eigenvalue weighted by Gasteiger charge is 2.28. The first kappa shape index (κ1) is 17.0. The highest BCUT2D eigenvalue weighted by Crippen LogP contribution is 2.37. The first-order chi connectivity index (χ1) is 11.9. The lowest BCUT2D eigenvalue weighted by Crippen LogP contribution is -2.17. The molecule has 25 heavy (non-hydrogen) atoms. The van der Waals surface area contributed by atoms with Crippen molar-refractivity contribution >= 4 is 26.7 Å². The van der Waals surface area contributed by atoms with Gasteiger partial charge in [0, 0.05) is 12.3 Å². The average Bonchev–Trinajstić information content (AvgIpc) is 3.03. The standard InChI is InChI=1S/C18H17NO5S/c1-12(20)15-11-14-16(23-2)9-10-17(24-3)18(14)19(15)25(21,22)13-7-5-4-6-8-13/h4-11H,1-3H3. The van der Waals surface area contributed by atoms with Gasteiger partial charge in [-0.1, -0.05) is 18.2 Å². The van der Waals surface area contributed by atoms with Gasteiger partial charge >= 0.3 is 0 Å². The molecule has 0 fully saturated rings. The number of aromatic nitrogens is 1. The van der Waals surface area contributed by atoms with Gasteiger partial charge in [0.2, 0.25) is 0 Å². The molecule has 0 aliphatic heterocycles. The maximum atomic E-state index is 13.2. The summed E-state index contributed by atoms with van der Waals surface area (Å²) in [6.45, 7) is 1.32. The van der Waals surface area contributed by atoms with Crippen LogP contribution in [0.3, 0.4) is 0 Å². The van der Waals surface area contributed by atoms with E-state index < -0.39 is 10.0 Å². The van der Waals surface area contributed by atoms with Crippen molar-refractivity contribution in [3.63, 3.8) is 0 Å². The first-order valence-electron chi connectivity index (χ1n) is 7.49. The Hall–Kier alpha value is -2.80. The number of hydrogen-bond acceptors (Lipinski definition) is 5. The minimum absolute atomic E-state index is 0.0432. The molecule has 0 radical (unpaired) electrons. The highest BCUT2D eigenvalue weighted by atomic mass is 32.2. The summed E-state index contributed by atoms with van der Waals surface area (Å²) in [5.74, 6) is 0.419. The second kappa shape index (κ2) is 6.25. The van der Waals surface area contributed by atoms with Gasteiger partial charge in [-0.3, -0.25) is 4.79 Å². The van der Waals surface area contributed by atoms with E-state index in [1.165, 1.54) is 39.3 Å². The number of rotatable bonds is 5. The highest BCUT2D eigenvalue weighted by molar-refractivity contribution is 7.90. The zero-order chi connectivity index (χ0) is 18.2. The topological polar surface area (TPSA) is 74.6 Å². The van der Waals surface area contributed by atoms with Crippen LogP contribution in [0.2, 0.25) is 0 Å². The second-order valence-corrected chi connectivity index (χ2v) is 7.19. The Bertz CT molecular complexity index is 1050. The van der Waals surface area contributed by atoms with Gasteiger partial charge in [-0.15, -0.1) is 0 Å². The van der Waals surface area contributed by atoms with Gasteiger partial charge in [0.15, 0.2) is 5.78 Å². The molecule has 130 valence electrons. The maximum absolute atomic E-state index is 13.2. The largest absolute Gasteiger partial charge is 0.496 e. The molecule has 0 bridgehead atoms. The Morgan fingerprint density at radius 1 is 0.960 bits per heavy atom. The smallest absolute Gasteiger partial charge is 0.268 e. The fourth-order valence-electron chi connectivity index (χ4n) is 2.77. The Kier molecular flexibility index (Phi) is 4.26. The third kappa shape index (κ3) is 2.66. The predicted molar refractivity (Wildman–Crippen MR) is 94.1 cm³/mol. The summed E-state index contributed by atoms with van der Waals surface area (Å²) in [6.07, 6.45) is 0. The molecule has 7 heteroatoms. The van der Waals surface area contributed by atoms with E-state index in [0.717, 1.165) is 3.97 Å². The number of methoxy groups -OCH3 is 2. The number of carbonyl (C=O) groups is 1. The van der Waals surface area contributed by atoms with Gasteiger partial charge in [0.1, 0.15) is 22.7 Å². The number of carbonyl (C=O) groups excluding carboxylic acids is 1. The molecule has 0 amide bonds. The summed E-state index contributed by atoms with van der Waals surface area (Å²) in [4.78, 5) is 12.2. The van der Waals surface area contributed by atoms with Gasteiger partial charge < -0.3 is 9.47 Å². The molecule has 1 heterocycles. The van der Waals surface area contributed by atoms with Crippen LogP contribution in [0.15, 0.2) is 53.4 Å². The van der Waals surface area contributed by atoms with Crippen LogP contribution < -0.4 is 9.47 Å². The summed E-state index contributed by atoms with van der Waals surface area (Å²) >= 11 is 0. The number of ether oxygens (including phenoxy) is 2. The lowest BCUT2D eigenvalue weighted by atomic mass is 10.2. The SMILES string of the molecule is COc1ccc(OC)c2c1cc(C(C)=O)n2S(=O)(=O)c1ccccc1. The van der Waals surface area contributed by atoms with Crippen molar-refractivity contribution in [3.8, 4) is 11.5 Å². The molecule has 0 spiro atoms. The van der Waals surface area contributed by atoms with Crippen LogP contribution in [0.1, 0.15) is 17.4 Å². The molecule has 0 saturated heterocycles. The second-order valence-electron chi connectivity index (χ2n) is 5.40. The summed E-state index contributed by atoms with van der Waals surface area (Å²) in [6, 6.07) is 12.7. The number of hydrogen-bond donors (Lipinski definition) is 0. The van der Waals surface area contributed by atoms with Crippen LogP contribution in [0.4, 0.5) is 0 Å². The predicted octanol–water partition coefficient (Wildman–Crippen LogP) is 3.10. The van der Waals surface area contributed by atoms with Gasteiger partial charge in [0.25, 0.3) is 10.0 Å². The van der Waals surface area contributed by atoms with Crippen molar-refractivity contribution in [3.05, 3.63) is 54.2 Å². The number of fused-ring (bicyclic) bond motifs is 1. The van der Waals surface area contributed by atoms with Crippen molar-refractivity contribution in [2.75, 3.05) is 14.2 Å². The Labute approximate surface area is 145 Å². The third-order valence-corrected chi connectivity index (χ3v) is 5.65. The molecule has 6 nitrogen and oxygen atoms in total. The normalized spacial score (nSPS) is 11.5. The molecular weight excluding hydrogens is 342 g/mol. The van der Waals surface area contributed by atoms with E-state index in [4.69, 9.17) is 9.47 Å². The molecule has 0 saturated carbocycles. The molecule has 0 aliphatic carbocycles. The van der Waals surface area contributed by atoms with Crippen LogP contribution in [-0.4, -0.2) is 32.4 Å². The lowest BCUT2D eigenvalue weighted by molar-refractivity contribution is 0.101. The molecule has 0 aliphatic rings. The van der Waals surface area contributed by atoms with E-state index in [1.54, 1.807) is 30.3 Å². The molecular formula is C18H17NO5S.